The van der Waals surface area contributed by atoms with Crippen LogP contribution in [0.4, 0.5) is 0 Å². The molecule has 0 rings (SSSR count). The van der Waals surface area contributed by atoms with Gasteiger partial charge in [0.05, 0.1) is 6.61 Å². The van der Waals surface area contributed by atoms with Crippen LogP contribution in [0.2, 0.25) is 0 Å². The van der Waals surface area contributed by atoms with Crippen LogP contribution < -0.4 is 0 Å². The molecule has 0 aliphatic rings. The normalized spacial score (nSPS) is 10.1. The third kappa shape index (κ3) is 17.8. The summed E-state index contributed by atoms with van der Waals surface area (Å²) in [7, 11) is 0. The Kier molecular flexibility index (Phi) is 18.0. The van der Waals surface area contributed by atoms with Crippen molar-refractivity contribution in [1.82, 2.24) is 4.90 Å². The quantitative estimate of drug-likeness (QED) is 0.594. The van der Waals surface area contributed by atoms with Crippen LogP contribution >= 0.6 is 0 Å². The zero-order valence-corrected chi connectivity index (χ0v) is 12.3. The molecule has 4 nitrogen and oxygen atoms in total. The fourth-order valence-corrected chi connectivity index (χ4v) is 1.56. The highest BCUT2D eigenvalue weighted by molar-refractivity contribution is 5.66. The zero-order chi connectivity index (χ0) is 14.2. The van der Waals surface area contributed by atoms with Crippen molar-refractivity contribution < 1.29 is 15.0 Å². The average molecular weight is 261 g/mol. The van der Waals surface area contributed by atoms with Gasteiger partial charge in [0.1, 0.15) is 0 Å². The lowest BCUT2D eigenvalue weighted by molar-refractivity contribution is -0.137. The molecular formula is C14H31NO3. The molecule has 18 heavy (non-hydrogen) atoms. The van der Waals surface area contributed by atoms with Crippen molar-refractivity contribution in [2.75, 3.05) is 26.2 Å². The Morgan fingerprint density at radius 2 is 1.56 bits per heavy atom. The summed E-state index contributed by atoms with van der Waals surface area (Å²) in [5.41, 5.74) is 0. The molecule has 0 bridgehead atoms. The van der Waals surface area contributed by atoms with Gasteiger partial charge in [-0.15, -0.1) is 0 Å². The van der Waals surface area contributed by atoms with Gasteiger partial charge in [-0.05, 0) is 19.5 Å². The molecule has 110 valence electrons. The predicted molar refractivity (Wildman–Crippen MR) is 75.9 cm³/mol. The molecule has 0 saturated heterocycles. The molecule has 0 amide bonds. The molecule has 0 heterocycles. The smallest absolute Gasteiger partial charge is 0.303 e. The minimum atomic E-state index is -0.670. The van der Waals surface area contributed by atoms with Gasteiger partial charge in [0.15, 0.2) is 0 Å². The second kappa shape index (κ2) is 16.4. The van der Waals surface area contributed by atoms with Crippen molar-refractivity contribution in [3.05, 3.63) is 0 Å². The molecule has 0 aromatic heterocycles. The van der Waals surface area contributed by atoms with Crippen LogP contribution in [0.1, 0.15) is 59.3 Å². The number of likely N-dealkylation sites (N-methyl/N-ethyl adjacent to an activating group) is 1. The summed E-state index contributed by atoms with van der Waals surface area (Å²) in [6.45, 7) is 9.51. The van der Waals surface area contributed by atoms with Gasteiger partial charge in [0, 0.05) is 13.0 Å². The second-order valence-corrected chi connectivity index (χ2v) is 4.31. The fraction of sp³-hybridized carbons (Fsp3) is 0.929. The van der Waals surface area contributed by atoms with Crippen molar-refractivity contribution in [2.45, 2.75) is 59.3 Å². The van der Waals surface area contributed by atoms with Gasteiger partial charge in [-0.25, -0.2) is 0 Å². The van der Waals surface area contributed by atoms with E-state index in [1.54, 1.807) is 0 Å². The van der Waals surface area contributed by atoms with Crippen molar-refractivity contribution in [3.8, 4) is 0 Å². The van der Waals surface area contributed by atoms with Gasteiger partial charge in [0.2, 0.25) is 0 Å². The summed E-state index contributed by atoms with van der Waals surface area (Å²) in [6, 6.07) is 0. The van der Waals surface area contributed by atoms with Gasteiger partial charge in [-0.2, -0.15) is 0 Å². The lowest BCUT2D eigenvalue weighted by atomic mass is 10.1. The van der Waals surface area contributed by atoms with Crippen LogP contribution in [-0.4, -0.2) is 47.3 Å². The molecule has 2 N–H and O–H groups in total. The monoisotopic (exact) mass is 261 g/mol. The summed E-state index contributed by atoms with van der Waals surface area (Å²) in [5, 5.41) is 16.7. The maximum Gasteiger partial charge on any atom is 0.303 e. The van der Waals surface area contributed by atoms with Crippen LogP contribution in [0.5, 0.6) is 0 Å². The number of hydrogen-bond acceptors (Lipinski definition) is 3. The van der Waals surface area contributed by atoms with Crippen LogP contribution in [0.25, 0.3) is 0 Å². The van der Waals surface area contributed by atoms with E-state index >= 15 is 0 Å². The van der Waals surface area contributed by atoms with E-state index in [1.807, 2.05) is 0 Å². The van der Waals surface area contributed by atoms with E-state index in [1.165, 1.54) is 19.3 Å². The first-order chi connectivity index (χ1) is 8.62. The summed E-state index contributed by atoms with van der Waals surface area (Å²) in [4.78, 5) is 12.2. The zero-order valence-electron chi connectivity index (χ0n) is 12.3. The van der Waals surface area contributed by atoms with Crippen LogP contribution in [0.3, 0.4) is 0 Å². The Bertz CT molecular complexity index is 170. The summed E-state index contributed by atoms with van der Waals surface area (Å²) < 4.78 is 0. The Morgan fingerprint density at radius 3 is 1.89 bits per heavy atom. The van der Waals surface area contributed by atoms with E-state index in [-0.39, 0.29) is 6.61 Å². The van der Waals surface area contributed by atoms with Gasteiger partial charge in [-0.3, -0.25) is 4.79 Å². The standard InChI is InChI=1S/C8H16O2.C6H15NO/c1-2-3-4-5-6-7-8(9)10;1-3-7(4-2)5-6-8/h2-7H2,1H3,(H,9,10);8H,3-6H2,1-2H3. The molecule has 0 saturated carbocycles. The van der Waals surface area contributed by atoms with Crippen molar-refractivity contribution in [1.29, 1.82) is 0 Å². The van der Waals surface area contributed by atoms with E-state index in [0.29, 0.717) is 6.42 Å². The van der Waals surface area contributed by atoms with Gasteiger partial charge >= 0.3 is 5.97 Å². The highest BCUT2D eigenvalue weighted by Crippen LogP contribution is 2.04. The molecule has 0 unspecified atom stereocenters. The van der Waals surface area contributed by atoms with Gasteiger partial charge in [0.25, 0.3) is 0 Å². The third-order valence-corrected chi connectivity index (χ3v) is 2.80. The molecule has 0 spiro atoms. The fourth-order valence-electron chi connectivity index (χ4n) is 1.56. The highest BCUT2D eigenvalue weighted by atomic mass is 16.4. The Labute approximate surface area is 112 Å². The lowest BCUT2D eigenvalue weighted by Crippen LogP contribution is -2.25. The number of aliphatic hydroxyl groups is 1. The van der Waals surface area contributed by atoms with Gasteiger partial charge in [-0.1, -0.05) is 46.5 Å². The predicted octanol–water partition coefficient (Wildman–Crippen LogP) is 2.75. The number of nitrogens with zero attached hydrogens (tertiary/aromatic N) is 1. The second-order valence-electron chi connectivity index (χ2n) is 4.31. The van der Waals surface area contributed by atoms with Crippen molar-refractivity contribution in [3.63, 3.8) is 0 Å². The molecule has 0 aromatic rings. The minimum absolute atomic E-state index is 0.279. The Balaban J connectivity index is 0. The van der Waals surface area contributed by atoms with Crippen LogP contribution in [0, 0.1) is 0 Å². The summed E-state index contributed by atoms with van der Waals surface area (Å²) in [5.74, 6) is -0.670. The minimum Gasteiger partial charge on any atom is -0.481 e. The number of aliphatic carboxylic acids is 1. The van der Waals surface area contributed by atoms with E-state index in [0.717, 1.165) is 32.5 Å². The molecule has 0 radical (unpaired) electrons. The maximum atomic E-state index is 10.0. The average Bonchev–Trinajstić information content (AvgIpc) is 2.36. The number of unbranched alkanes of at least 4 members (excludes halogenated alkanes) is 4. The number of hydrogen-bond donors (Lipinski definition) is 2. The number of rotatable bonds is 10. The molecule has 0 aliphatic carbocycles. The summed E-state index contributed by atoms with van der Waals surface area (Å²) in [6.07, 6.45) is 5.88. The van der Waals surface area contributed by atoms with E-state index in [2.05, 4.69) is 25.7 Å². The molecule has 0 fully saturated rings. The lowest BCUT2D eigenvalue weighted by Gasteiger charge is -2.15. The van der Waals surface area contributed by atoms with E-state index in [4.69, 9.17) is 10.2 Å². The molecule has 4 heteroatoms. The van der Waals surface area contributed by atoms with Crippen molar-refractivity contribution in [2.24, 2.45) is 0 Å². The SMILES string of the molecule is CCCCCCCC(=O)O.CCN(CC)CCO. The van der Waals surface area contributed by atoms with E-state index in [9.17, 15) is 4.79 Å². The van der Waals surface area contributed by atoms with Crippen LogP contribution in [-0.2, 0) is 4.79 Å². The molecule has 0 aliphatic heterocycles. The van der Waals surface area contributed by atoms with Crippen LogP contribution in [0.15, 0.2) is 0 Å². The number of carboxylic acid groups (broad SMARTS) is 1. The first-order valence-corrected chi connectivity index (χ1v) is 7.17. The number of carbonyl (C=O) groups is 1. The van der Waals surface area contributed by atoms with Crippen molar-refractivity contribution >= 4 is 5.97 Å². The molecule has 0 aromatic carbocycles. The summed E-state index contributed by atoms with van der Waals surface area (Å²) >= 11 is 0. The first-order valence-electron chi connectivity index (χ1n) is 7.17. The third-order valence-electron chi connectivity index (χ3n) is 2.80. The number of carboxylic acids is 1. The molecular weight excluding hydrogens is 230 g/mol. The van der Waals surface area contributed by atoms with Gasteiger partial charge < -0.3 is 15.1 Å². The Hall–Kier alpha value is -0.610. The maximum absolute atomic E-state index is 10.0. The number of aliphatic hydroxyl groups excluding tert-OH is 1. The topological polar surface area (TPSA) is 60.8 Å². The highest BCUT2D eigenvalue weighted by Gasteiger charge is 1.95. The van der Waals surface area contributed by atoms with E-state index < -0.39 is 5.97 Å². The first kappa shape index (κ1) is 19.7. The Morgan fingerprint density at radius 1 is 1.00 bits per heavy atom. The molecule has 0 atom stereocenters. The largest absolute Gasteiger partial charge is 0.481 e.